The highest BCUT2D eigenvalue weighted by Crippen LogP contribution is 2.23. The smallest absolute Gasteiger partial charge is 0.257 e. The molecule has 2 aromatic rings. The number of aromatic nitrogens is 2. The van der Waals surface area contributed by atoms with E-state index in [4.69, 9.17) is 9.15 Å². The number of hydrogen-bond acceptors (Lipinski definition) is 4. The summed E-state index contributed by atoms with van der Waals surface area (Å²) in [5, 5.41) is 4.49. The topological polar surface area (TPSA) is 60.5 Å². The average molecular weight is 345 g/mol. The zero-order valence-electron chi connectivity index (χ0n) is 15.7. The average Bonchev–Trinajstić information content (AvgIpc) is 3.09. The van der Waals surface area contributed by atoms with E-state index >= 15 is 0 Å². The molecule has 1 fully saturated rings. The summed E-state index contributed by atoms with van der Waals surface area (Å²) in [6.45, 7) is 12.4. The van der Waals surface area contributed by atoms with E-state index in [9.17, 15) is 4.79 Å². The fourth-order valence-corrected chi connectivity index (χ4v) is 3.24. The number of carbonyl (C=O) groups excluding carboxylic acids is 1. The molecule has 3 rings (SSSR count). The van der Waals surface area contributed by atoms with Gasteiger partial charge in [0.2, 0.25) is 0 Å². The van der Waals surface area contributed by atoms with Gasteiger partial charge in [-0.2, -0.15) is 5.10 Å². The Morgan fingerprint density at radius 1 is 1.32 bits per heavy atom. The van der Waals surface area contributed by atoms with Gasteiger partial charge in [-0.3, -0.25) is 9.48 Å². The first kappa shape index (κ1) is 17.7. The Morgan fingerprint density at radius 2 is 2.08 bits per heavy atom. The molecule has 1 atom stereocenters. The molecule has 1 amide bonds. The van der Waals surface area contributed by atoms with Crippen molar-refractivity contribution in [3.63, 3.8) is 0 Å². The van der Waals surface area contributed by atoms with Crippen molar-refractivity contribution in [2.45, 2.75) is 53.2 Å². The first-order valence-electron chi connectivity index (χ1n) is 8.87. The Balaban J connectivity index is 1.70. The van der Waals surface area contributed by atoms with Crippen molar-refractivity contribution in [2.24, 2.45) is 0 Å². The quantitative estimate of drug-likeness (QED) is 0.854. The minimum Gasteiger partial charge on any atom is -0.465 e. The van der Waals surface area contributed by atoms with Crippen LogP contribution in [0.3, 0.4) is 0 Å². The van der Waals surface area contributed by atoms with Crippen LogP contribution in [0.25, 0.3) is 0 Å². The van der Waals surface area contributed by atoms with Crippen molar-refractivity contribution in [2.75, 3.05) is 19.7 Å². The zero-order valence-corrected chi connectivity index (χ0v) is 15.7. The SMILES string of the molecule is Cc1cc(C)n(CC2CN(C(=O)c3cc(C(C)C)oc3C)CCO2)n1. The number of morpholine rings is 1. The molecule has 0 spiro atoms. The summed E-state index contributed by atoms with van der Waals surface area (Å²) in [6.07, 6.45) is -0.0486. The van der Waals surface area contributed by atoms with Gasteiger partial charge in [-0.05, 0) is 32.9 Å². The lowest BCUT2D eigenvalue weighted by atomic mass is 10.1. The molecule has 25 heavy (non-hydrogen) atoms. The molecule has 6 nitrogen and oxygen atoms in total. The van der Waals surface area contributed by atoms with Gasteiger partial charge in [-0.25, -0.2) is 0 Å². The van der Waals surface area contributed by atoms with E-state index in [1.54, 1.807) is 0 Å². The van der Waals surface area contributed by atoms with Gasteiger partial charge in [-0.1, -0.05) is 13.8 Å². The fraction of sp³-hybridized carbons (Fsp3) is 0.579. The van der Waals surface area contributed by atoms with Gasteiger partial charge in [0, 0.05) is 24.7 Å². The predicted molar refractivity (Wildman–Crippen MR) is 94.9 cm³/mol. The van der Waals surface area contributed by atoms with E-state index < -0.39 is 0 Å². The molecule has 0 saturated carbocycles. The summed E-state index contributed by atoms with van der Waals surface area (Å²) in [4.78, 5) is 14.8. The summed E-state index contributed by atoms with van der Waals surface area (Å²) >= 11 is 0. The minimum atomic E-state index is -0.0486. The van der Waals surface area contributed by atoms with Gasteiger partial charge in [0.25, 0.3) is 5.91 Å². The minimum absolute atomic E-state index is 0.0230. The van der Waals surface area contributed by atoms with Crippen LogP contribution in [0.2, 0.25) is 0 Å². The number of rotatable bonds is 4. The van der Waals surface area contributed by atoms with Crippen LogP contribution >= 0.6 is 0 Å². The Labute approximate surface area is 148 Å². The molecule has 1 aliphatic rings. The maximum atomic E-state index is 12.9. The van der Waals surface area contributed by atoms with Crippen LogP contribution in [-0.2, 0) is 11.3 Å². The maximum absolute atomic E-state index is 12.9. The second-order valence-corrected chi connectivity index (χ2v) is 7.13. The van der Waals surface area contributed by atoms with Crippen LogP contribution in [0, 0.1) is 20.8 Å². The van der Waals surface area contributed by atoms with Gasteiger partial charge < -0.3 is 14.1 Å². The van der Waals surface area contributed by atoms with E-state index in [-0.39, 0.29) is 17.9 Å². The monoisotopic (exact) mass is 345 g/mol. The summed E-state index contributed by atoms with van der Waals surface area (Å²) in [7, 11) is 0. The molecule has 136 valence electrons. The number of nitrogens with zero attached hydrogens (tertiary/aromatic N) is 3. The number of ether oxygens (including phenoxy) is 1. The number of amides is 1. The molecular weight excluding hydrogens is 318 g/mol. The Bertz CT molecular complexity index is 760. The number of aryl methyl sites for hydroxylation is 3. The predicted octanol–water partition coefficient (Wildman–Crippen LogP) is 3.07. The molecule has 2 aromatic heterocycles. The van der Waals surface area contributed by atoms with Crippen molar-refractivity contribution in [3.8, 4) is 0 Å². The molecule has 0 radical (unpaired) electrons. The van der Waals surface area contributed by atoms with Crippen LogP contribution < -0.4 is 0 Å². The third kappa shape index (κ3) is 3.79. The van der Waals surface area contributed by atoms with Crippen LogP contribution in [0.1, 0.15) is 53.0 Å². The van der Waals surface area contributed by atoms with E-state index in [1.807, 2.05) is 42.5 Å². The summed E-state index contributed by atoms with van der Waals surface area (Å²) < 4.78 is 13.5. The van der Waals surface area contributed by atoms with Crippen LogP contribution in [-0.4, -0.2) is 46.4 Å². The van der Waals surface area contributed by atoms with Crippen LogP contribution in [0.5, 0.6) is 0 Å². The standard InChI is InChI=1S/C19H27N3O3/c1-12(2)18-9-17(15(5)25-18)19(23)21-6-7-24-16(10-21)11-22-14(4)8-13(3)20-22/h8-9,12,16H,6-7,10-11H2,1-5H3. The highest BCUT2D eigenvalue weighted by molar-refractivity contribution is 5.95. The maximum Gasteiger partial charge on any atom is 0.257 e. The first-order chi connectivity index (χ1) is 11.8. The largest absolute Gasteiger partial charge is 0.465 e. The molecule has 0 aromatic carbocycles. The van der Waals surface area contributed by atoms with Crippen molar-refractivity contribution in [1.82, 2.24) is 14.7 Å². The third-order valence-electron chi connectivity index (χ3n) is 4.64. The summed E-state index contributed by atoms with van der Waals surface area (Å²) in [6, 6.07) is 3.93. The lowest BCUT2D eigenvalue weighted by Crippen LogP contribution is -2.47. The van der Waals surface area contributed by atoms with Crippen molar-refractivity contribution in [3.05, 3.63) is 40.6 Å². The fourth-order valence-electron chi connectivity index (χ4n) is 3.24. The van der Waals surface area contributed by atoms with Gasteiger partial charge in [0.15, 0.2) is 0 Å². The summed E-state index contributed by atoms with van der Waals surface area (Å²) in [5.41, 5.74) is 2.77. The highest BCUT2D eigenvalue weighted by Gasteiger charge is 2.28. The van der Waals surface area contributed by atoms with E-state index in [1.165, 1.54) is 0 Å². The number of furan rings is 1. The van der Waals surface area contributed by atoms with Gasteiger partial charge in [0.05, 0.1) is 30.5 Å². The third-order valence-corrected chi connectivity index (χ3v) is 4.64. The molecule has 6 heteroatoms. The Hall–Kier alpha value is -2.08. The van der Waals surface area contributed by atoms with Gasteiger partial charge in [-0.15, -0.1) is 0 Å². The molecule has 1 unspecified atom stereocenters. The van der Waals surface area contributed by atoms with Crippen LogP contribution in [0.15, 0.2) is 16.5 Å². The number of carbonyl (C=O) groups is 1. The number of hydrogen-bond donors (Lipinski definition) is 0. The Morgan fingerprint density at radius 3 is 2.68 bits per heavy atom. The highest BCUT2D eigenvalue weighted by atomic mass is 16.5. The van der Waals surface area contributed by atoms with Crippen molar-refractivity contribution < 1.29 is 13.9 Å². The normalized spacial score (nSPS) is 18.2. The van der Waals surface area contributed by atoms with Crippen LogP contribution in [0.4, 0.5) is 0 Å². The van der Waals surface area contributed by atoms with E-state index in [0.717, 1.165) is 17.1 Å². The summed E-state index contributed by atoms with van der Waals surface area (Å²) in [5.74, 6) is 1.84. The van der Waals surface area contributed by atoms with Crippen molar-refractivity contribution in [1.29, 1.82) is 0 Å². The molecule has 1 saturated heterocycles. The van der Waals surface area contributed by atoms with E-state index in [2.05, 4.69) is 18.9 Å². The molecular formula is C19H27N3O3. The second-order valence-electron chi connectivity index (χ2n) is 7.13. The van der Waals surface area contributed by atoms with E-state index in [0.29, 0.717) is 37.6 Å². The molecule has 3 heterocycles. The molecule has 0 bridgehead atoms. The van der Waals surface area contributed by atoms with Crippen molar-refractivity contribution >= 4 is 5.91 Å². The molecule has 1 aliphatic heterocycles. The lowest BCUT2D eigenvalue weighted by molar-refractivity contribution is -0.0303. The molecule has 0 N–H and O–H groups in total. The zero-order chi connectivity index (χ0) is 18.1. The second kappa shape index (κ2) is 7.04. The van der Waals surface area contributed by atoms with Gasteiger partial charge >= 0.3 is 0 Å². The van der Waals surface area contributed by atoms with Gasteiger partial charge in [0.1, 0.15) is 11.5 Å². The first-order valence-corrected chi connectivity index (χ1v) is 8.87. The Kier molecular flexibility index (Phi) is 4.99. The lowest BCUT2D eigenvalue weighted by Gasteiger charge is -2.33. The molecule has 0 aliphatic carbocycles.